The Morgan fingerprint density at radius 2 is 1.85 bits per heavy atom. The Bertz CT molecular complexity index is 476. The number of urea groups is 1. The number of fused-ring (bicyclic) bond motifs is 2. The topological polar surface area (TPSA) is 73.5 Å². The van der Waals surface area contributed by atoms with Crippen LogP contribution in [0.15, 0.2) is 0 Å². The minimum Gasteiger partial charge on any atom is -0.353 e. The maximum Gasteiger partial charge on any atom is 0.317 e. The maximum absolute atomic E-state index is 12.5. The number of piperidine rings is 2. The monoisotopic (exact) mass is 386 g/mol. The lowest BCUT2D eigenvalue weighted by Gasteiger charge is -2.34. The van der Waals surface area contributed by atoms with Gasteiger partial charge in [0.25, 0.3) is 0 Å². The fourth-order valence-electron chi connectivity index (χ4n) is 4.54. The average Bonchev–Trinajstić information content (AvgIpc) is 2.91. The predicted molar refractivity (Wildman–Crippen MR) is 106 cm³/mol. The standard InChI is InChI=1S/C19H34N4O2.ClH/c1-13(2)11-20-19(25)23-7-3-4-14(12-23)8-18(24)22-17-9-15-5-6-16(10-17)21-15;/h13-17,21H,3-12H2,1-2H3,(H,20,25)(H,22,24);1H. The van der Waals surface area contributed by atoms with Crippen LogP contribution in [0.4, 0.5) is 4.79 Å². The van der Waals surface area contributed by atoms with Crippen LogP contribution in [0.3, 0.4) is 0 Å². The zero-order chi connectivity index (χ0) is 17.8. The number of carbonyl (C=O) groups excluding carboxylic acids is 2. The molecule has 3 heterocycles. The SMILES string of the molecule is CC(C)CNC(=O)N1CCCC(CC(=O)NC2CC3CCC(C2)N3)C1.Cl. The third-order valence-electron chi connectivity index (χ3n) is 5.78. The highest BCUT2D eigenvalue weighted by Crippen LogP contribution is 2.27. The number of carbonyl (C=O) groups is 2. The number of hydrogen-bond acceptors (Lipinski definition) is 3. The van der Waals surface area contributed by atoms with E-state index in [1.807, 2.05) is 4.90 Å². The second kappa shape index (κ2) is 9.79. The molecule has 0 aromatic heterocycles. The molecular weight excluding hydrogens is 352 g/mol. The Kier molecular flexibility index (Phi) is 8.02. The molecule has 0 radical (unpaired) electrons. The van der Waals surface area contributed by atoms with Crippen LogP contribution in [-0.2, 0) is 4.79 Å². The van der Waals surface area contributed by atoms with Crippen LogP contribution in [-0.4, -0.2) is 54.6 Å². The maximum atomic E-state index is 12.5. The lowest BCUT2D eigenvalue weighted by Crippen LogP contribution is -2.49. The van der Waals surface area contributed by atoms with Crippen LogP contribution in [0.25, 0.3) is 0 Å². The molecule has 2 bridgehead atoms. The van der Waals surface area contributed by atoms with E-state index in [0.717, 1.165) is 32.2 Å². The molecule has 150 valence electrons. The molecule has 3 rings (SSSR count). The highest BCUT2D eigenvalue weighted by molar-refractivity contribution is 5.85. The molecule has 3 amide bonds. The average molecular weight is 387 g/mol. The zero-order valence-electron chi connectivity index (χ0n) is 16.1. The zero-order valence-corrected chi connectivity index (χ0v) is 16.9. The molecule has 3 fully saturated rings. The Morgan fingerprint density at radius 3 is 2.50 bits per heavy atom. The summed E-state index contributed by atoms with van der Waals surface area (Å²) in [6, 6.07) is 1.55. The third-order valence-corrected chi connectivity index (χ3v) is 5.78. The molecule has 7 heteroatoms. The lowest BCUT2D eigenvalue weighted by molar-refractivity contribution is -0.123. The van der Waals surface area contributed by atoms with E-state index >= 15 is 0 Å². The first kappa shape index (κ1) is 21.3. The highest BCUT2D eigenvalue weighted by atomic mass is 35.5. The van der Waals surface area contributed by atoms with Gasteiger partial charge in [0, 0.05) is 44.2 Å². The number of halogens is 1. The molecule has 0 spiro atoms. The molecule has 3 atom stereocenters. The summed E-state index contributed by atoms with van der Waals surface area (Å²) < 4.78 is 0. The van der Waals surface area contributed by atoms with Gasteiger partial charge in [-0.05, 0) is 50.4 Å². The van der Waals surface area contributed by atoms with Gasteiger partial charge < -0.3 is 20.9 Å². The van der Waals surface area contributed by atoms with Crippen molar-refractivity contribution in [3.63, 3.8) is 0 Å². The molecule has 3 saturated heterocycles. The van der Waals surface area contributed by atoms with Gasteiger partial charge in [-0.15, -0.1) is 12.4 Å². The number of amides is 3. The Morgan fingerprint density at radius 1 is 1.15 bits per heavy atom. The first-order chi connectivity index (χ1) is 12.0. The van der Waals surface area contributed by atoms with Gasteiger partial charge in [-0.3, -0.25) is 4.79 Å². The summed E-state index contributed by atoms with van der Waals surface area (Å²) in [5.74, 6) is 0.910. The largest absolute Gasteiger partial charge is 0.353 e. The van der Waals surface area contributed by atoms with Crippen molar-refractivity contribution >= 4 is 24.3 Å². The number of rotatable bonds is 5. The van der Waals surface area contributed by atoms with Gasteiger partial charge >= 0.3 is 6.03 Å². The second-order valence-corrected chi connectivity index (χ2v) is 8.61. The fraction of sp³-hybridized carbons (Fsp3) is 0.895. The first-order valence-corrected chi connectivity index (χ1v) is 10.1. The molecular formula is C19H35ClN4O2. The molecule has 0 aromatic rings. The minimum absolute atomic E-state index is 0. The molecule has 3 aliphatic rings. The lowest BCUT2D eigenvalue weighted by atomic mass is 9.93. The Labute approximate surface area is 163 Å². The quantitative estimate of drug-likeness (QED) is 0.678. The summed E-state index contributed by atoms with van der Waals surface area (Å²) >= 11 is 0. The second-order valence-electron chi connectivity index (χ2n) is 8.61. The molecule has 3 unspecified atom stereocenters. The van der Waals surface area contributed by atoms with Gasteiger partial charge in [0.2, 0.25) is 5.91 Å². The van der Waals surface area contributed by atoms with E-state index in [4.69, 9.17) is 0 Å². The van der Waals surface area contributed by atoms with Crippen molar-refractivity contribution in [1.82, 2.24) is 20.9 Å². The fourth-order valence-corrected chi connectivity index (χ4v) is 4.54. The molecule has 26 heavy (non-hydrogen) atoms. The molecule has 3 aliphatic heterocycles. The van der Waals surface area contributed by atoms with E-state index in [0.29, 0.717) is 43.6 Å². The van der Waals surface area contributed by atoms with E-state index in [1.165, 1.54) is 12.8 Å². The van der Waals surface area contributed by atoms with Crippen molar-refractivity contribution in [3.05, 3.63) is 0 Å². The van der Waals surface area contributed by atoms with E-state index in [1.54, 1.807) is 0 Å². The number of likely N-dealkylation sites (tertiary alicyclic amines) is 1. The van der Waals surface area contributed by atoms with Crippen LogP contribution in [0, 0.1) is 11.8 Å². The van der Waals surface area contributed by atoms with Crippen LogP contribution < -0.4 is 16.0 Å². The number of nitrogens with zero attached hydrogens (tertiary/aromatic N) is 1. The highest BCUT2D eigenvalue weighted by Gasteiger charge is 2.34. The number of hydrogen-bond donors (Lipinski definition) is 3. The van der Waals surface area contributed by atoms with E-state index < -0.39 is 0 Å². The summed E-state index contributed by atoms with van der Waals surface area (Å²) in [4.78, 5) is 26.6. The Hall–Kier alpha value is -1.01. The summed E-state index contributed by atoms with van der Waals surface area (Å²) in [5, 5.41) is 9.85. The van der Waals surface area contributed by atoms with Crippen molar-refractivity contribution in [2.75, 3.05) is 19.6 Å². The molecule has 0 saturated carbocycles. The minimum atomic E-state index is 0. The van der Waals surface area contributed by atoms with Gasteiger partial charge in [-0.25, -0.2) is 4.79 Å². The number of nitrogens with one attached hydrogen (secondary N) is 3. The molecule has 6 nitrogen and oxygen atoms in total. The van der Waals surface area contributed by atoms with Crippen LogP contribution in [0.1, 0.15) is 58.8 Å². The van der Waals surface area contributed by atoms with Crippen molar-refractivity contribution in [2.24, 2.45) is 11.8 Å². The van der Waals surface area contributed by atoms with Crippen LogP contribution in [0.5, 0.6) is 0 Å². The smallest absolute Gasteiger partial charge is 0.317 e. The van der Waals surface area contributed by atoms with Crippen molar-refractivity contribution in [2.45, 2.75) is 76.9 Å². The van der Waals surface area contributed by atoms with Crippen molar-refractivity contribution in [3.8, 4) is 0 Å². The third kappa shape index (κ3) is 6.02. The van der Waals surface area contributed by atoms with Crippen LogP contribution in [0.2, 0.25) is 0 Å². The predicted octanol–water partition coefficient (Wildman–Crippen LogP) is 2.28. The van der Waals surface area contributed by atoms with Gasteiger partial charge in [-0.2, -0.15) is 0 Å². The van der Waals surface area contributed by atoms with E-state index in [2.05, 4.69) is 29.8 Å². The molecule has 0 aliphatic carbocycles. The van der Waals surface area contributed by atoms with Crippen molar-refractivity contribution in [1.29, 1.82) is 0 Å². The van der Waals surface area contributed by atoms with Gasteiger partial charge in [0.1, 0.15) is 0 Å². The molecule has 3 N–H and O–H groups in total. The molecule has 0 aromatic carbocycles. The summed E-state index contributed by atoms with van der Waals surface area (Å²) in [6.07, 6.45) is 7.21. The summed E-state index contributed by atoms with van der Waals surface area (Å²) in [7, 11) is 0. The first-order valence-electron chi connectivity index (χ1n) is 10.1. The normalized spacial score (nSPS) is 30.7. The van der Waals surface area contributed by atoms with Crippen LogP contribution >= 0.6 is 12.4 Å². The van der Waals surface area contributed by atoms with E-state index in [-0.39, 0.29) is 30.3 Å². The van der Waals surface area contributed by atoms with Crippen molar-refractivity contribution < 1.29 is 9.59 Å². The van der Waals surface area contributed by atoms with Gasteiger partial charge in [0.05, 0.1) is 0 Å². The Balaban J connectivity index is 0.00000243. The summed E-state index contributed by atoms with van der Waals surface area (Å²) in [6.45, 7) is 6.40. The van der Waals surface area contributed by atoms with Gasteiger partial charge in [-0.1, -0.05) is 13.8 Å². The van der Waals surface area contributed by atoms with Gasteiger partial charge in [0.15, 0.2) is 0 Å². The summed E-state index contributed by atoms with van der Waals surface area (Å²) in [5.41, 5.74) is 0. The van der Waals surface area contributed by atoms with E-state index in [9.17, 15) is 9.59 Å².